The molecule has 0 aromatic carbocycles. The molecule has 0 saturated carbocycles. The number of aliphatic hydroxyl groups excluding tert-OH is 1. The number of rotatable bonds is 3. The van der Waals surface area contributed by atoms with Crippen molar-refractivity contribution in [2.45, 2.75) is 11.9 Å². The SMILES string of the molecule is O=S(=O)(O)C(O)CCS.[Au].[H-].[Na+]. The summed E-state index contributed by atoms with van der Waals surface area (Å²) in [5, 5.41) is 8.50. The Hall–Kier alpha value is 1.96. The van der Waals surface area contributed by atoms with Gasteiger partial charge in [0.15, 0.2) is 5.44 Å². The second kappa shape index (κ2) is 8.55. The molecule has 0 aliphatic carbocycles. The van der Waals surface area contributed by atoms with Crippen LogP contribution in [0.1, 0.15) is 7.85 Å². The summed E-state index contributed by atoms with van der Waals surface area (Å²) in [6.45, 7) is 0. The summed E-state index contributed by atoms with van der Waals surface area (Å²) in [5.74, 6) is 0.223. The molecule has 0 spiro atoms. The van der Waals surface area contributed by atoms with Crippen molar-refractivity contribution in [1.82, 2.24) is 0 Å². The first kappa shape index (κ1) is 18.7. The van der Waals surface area contributed by atoms with E-state index < -0.39 is 15.6 Å². The van der Waals surface area contributed by atoms with E-state index in [-0.39, 0.29) is 65.5 Å². The monoisotopic (exact) mass is 393 g/mol. The van der Waals surface area contributed by atoms with E-state index >= 15 is 0 Å². The average Bonchev–Trinajstić information content (AvgIpc) is 1.64. The minimum atomic E-state index is -4.26. The third-order valence-electron chi connectivity index (χ3n) is 0.720. The van der Waals surface area contributed by atoms with Crippen molar-refractivity contribution in [2.24, 2.45) is 0 Å². The fraction of sp³-hybridized carbons (Fsp3) is 1.00. The summed E-state index contributed by atoms with van der Waals surface area (Å²) >= 11 is 3.66. The quantitative estimate of drug-likeness (QED) is 0.266. The van der Waals surface area contributed by atoms with Crippen LogP contribution in [0.15, 0.2) is 0 Å². The second-order valence-electron chi connectivity index (χ2n) is 1.48. The molecule has 0 saturated heterocycles. The molecule has 0 amide bonds. The Bertz CT molecular complexity index is 175. The molecule has 0 fully saturated rings. The van der Waals surface area contributed by atoms with E-state index in [9.17, 15) is 8.42 Å². The molecule has 1 atom stereocenters. The maximum Gasteiger partial charge on any atom is 1.00 e. The first-order valence-corrected chi connectivity index (χ1v) is 4.37. The Balaban J connectivity index is -0.000000107. The van der Waals surface area contributed by atoms with Crippen LogP contribution in [-0.2, 0) is 32.5 Å². The van der Waals surface area contributed by atoms with E-state index in [0.29, 0.717) is 0 Å². The molecule has 2 N–H and O–H groups in total. The van der Waals surface area contributed by atoms with Crippen LogP contribution in [0.25, 0.3) is 0 Å². The Morgan fingerprint density at radius 1 is 1.55 bits per heavy atom. The number of hydrogen-bond donors (Lipinski definition) is 3. The van der Waals surface area contributed by atoms with Gasteiger partial charge in [-0.3, -0.25) is 4.55 Å². The van der Waals surface area contributed by atoms with Gasteiger partial charge in [-0.1, -0.05) is 0 Å². The molecular formula is C3H9AuNaO4S2. The molecule has 4 nitrogen and oxygen atoms in total. The van der Waals surface area contributed by atoms with Crippen LogP contribution in [0.5, 0.6) is 0 Å². The van der Waals surface area contributed by atoms with Crippen LogP contribution in [0.4, 0.5) is 0 Å². The third kappa shape index (κ3) is 9.88. The van der Waals surface area contributed by atoms with E-state index in [1.54, 1.807) is 0 Å². The van der Waals surface area contributed by atoms with Gasteiger partial charge >= 0.3 is 29.6 Å². The van der Waals surface area contributed by atoms with Crippen LogP contribution in [0.2, 0.25) is 0 Å². The van der Waals surface area contributed by atoms with Crippen molar-refractivity contribution in [3.05, 3.63) is 0 Å². The van der Waals surface area contributed by atoms with Gasteiger partial charge in [-0.05, 0) is 12.2 Å². The molecule has 0 aromatic rings. The minimum absolute atomic E-state index is 0. The Kier molecular flexibility index (Phi) is 14.5. The van der Waals surface area contributed by atoms with Crippen molar-refractivity contribution in [3.8, 4) is 0 Å². The third-order valence-corrected chi connectivity index (χ3v) is 1.90. The Morgan fingerprint density at radius 2 is 1.91 bits per heavy atom. The smallest absolute Gasteiger partial charge is 1.00 e. The molecule has 0 aromatic heterocycles. The molecule has 0 aliphatic heterocycles. The number of hydrogen-bond acceptors (Lipinski definition) is 4. The summed E-state index contributed by atoms with van der Waals surface area (Å²) in [4.78, 5) is 0. The molecule has 0 heterocycles. The number of aliphatic hydroxyl groups is 1. The van der Waals surface area contributed by atoms with Crippen LogP contribution < -0.4 is 29.6 Å². The topological polar surface area (TPSA) is 74.6 Å². The normalized spacial score (nSPS) is 12.6. The standard InChI is InChI=1S/C3H8O4S2.Au.Na.H/c4-3(1-2-8)9(5,6)7;;;/h3-4,8H,1-2H2,(H,5,6,7);;;/q;;+1;-1. The van der Waals surface area contributed by atoms with Crippen molar-refractivity contribution >= 4 is 22.7 Å². The fourth-order valence-corrected chi connectivity index (χ4v) is 1.09. The van der Waals surface area contributed by atoms with Crippen LogP contribution >= 0.6 is 12.6 Å². The Morgan fingerprint density at radius 3 is 2.00 bits per heavy atom. The summed E-state index contributed by atoms with van der Waals surface area (Å²) < 4.78 is 28.1. The second-order valence-corrected chi connectivity index (χ2v) is 3.50. The zero-order chi connectivity index (χ0) is 7.49. The zero-order valence-corrected chi connectivity index (χ0v) is 11.7. The molecule has 8 heteroatoms. The van der Waals surface area contributed by atoms with E-state index in [0.717, 1.165) is 0 Å². The first-order chi connectivity index (χ1) is 3.98. The number of thiol groups is 1. The summed E-state index contributed by atoms with van der Waals surface area (Å²) in [7, 11) is -4.26. The van der Waals surface area contributed by atoms with Gasteiger partial charge in [0.25, 0.3) is 10.1 Å². The maximum absolute atomic E-state index is 9.99. The van der Waals surface area contributed by atoms with Gasteiger partial charge in [0.05, 0.1) is 0 Å². The van der Waals surface area contributed by atoms with E-state index in [1.807, 2.05) is 0 Å². The first-order valence-electron chi connectivity index (χ1n) is 2.23. The minimum Gasteiger partial charge on any atom is -1.00 e. The molecule has 1 radical (unpaired) electrons. The molecule has 69 valence electrons. The van der Waals surface area contributed by atoms with Gasteiger partial charge in [-0.25, -0.2) is 0 Å². The Labute approximate surface area is 111 Å². The predicted molar refractivity (Wildman–Crippen MR) is 37.1 cm³/mol. The summed E-state index contributed by atoms with van der Waals surface area (Å²) in [5.41, 5.74) is -1.69. The molecule has 0 aliphatic rings. The summed E-state index contributed by atoms with van der Waals surface area (Å²) in [6, 6.07) is 0. The van der Waals surface area contributed by atoms with Crippen molar-refractivity contribution < 1.29 is 71.4 Å². The van der Waals surface area contributed by atoms with E-state index in [4.69, 9.17) is 9.66 Å². The van der Waals surface area contributed by atoms with Gasteiger partial charge in [0.2, 0.25) is 0 Å². The van der Waals surface area contributed by atoms with Gasteiger partial charge in [-0.2, -0.15) is 21.0 Å². The van der Waals surface area contributed by atoms with E-state index in [2.05, 4.69) is 12.6 Å². The van der Waals surface area contributed by atoms with Gasteiger partial charge < -0.3 is 6.53 Å². The fourth-order valence-electron chi connectivity index (χ4n) is 0.259. The average molecular weight is 393 g/mol. The molecule has 11 heavy (non-hydrogen) atoms. The maximum atomic E-state index is 9.99. The zero-order valence-electron chi connectivity index (χ0n) is 6.86. The van der Waals surface area contributed by atoms with Crippen molar-refractivity contribution in [2.75, 3.05) is 5.75 Å². The largest absolute Gasteiger partial charge is 1.00 e. The van der Waals surface area contributed by atoms with Crippen molar-refractivity contribution in [3.63, 3.8) is 0 Å². The summed E-state index contributed by atoms with van der Waals surface area (Å²) in [6.07, 6.45) is -0.0536. The molecule has 1 unspecified atom stereocenters. The van der Waals surface area contributed by atoms with Crippen LogP contribution in [-0.4, -0.2) is 29.3 Å². The van der Waals surface area contributed by atoms with Gasteiger partial charge in [0, 0.05) is 22.4 Å². The van der Waals surface area contributed by atoms with Crippen LogP contribution in [0, 0.1) is 0 Å². The van der Waals surface area contributed by atoms with Crippen LogP contribution in [0.3, 0.4) is 0 Å². The van der Waals surface area contributed by atoms with Gasteiger partial charge in [0.1, 0.15) is 0 Å². The molecule has 0 rings (SSSR count). The molecule has 0 bridgehead atoms. The molecular weight excluding hydrogens is 384 g/mol. The van der Waals surface area contributed by atoms with Crippen molar-refractivity contribution in [1.29, 1.82) is 0 Å². The van der Waals surface area contributed by atoms with E-state index in [1.165, 1.54) is 0 Å². The predicted octanol–water partition coefficient (Wildman–Crippen LogP) is -3.37. The van der Waals surface area contributed by atoms with Gasteiger partial charge in [-0.15, -0.1) is 0 Å².